The molecular weight excluding hydrogens is 168 g/mol. The van der Waals surface area contributed by atoms with Gasteiger partial charge in [-0.2, -0.15) is 0 Å². The first-order valence-corrected chi connectivity index (χ1v) is 2.98. The molecule has 0 N–H and O–H groups in total. The van der Waals surface area contributed by atoms with Gasteiger partial charge in [-0.1, -0.05) is 18.2 Å². The number of rotatable bonds is 1. The van der Waals surface area contributed by atoms with E-state index in [2.05, 4.69) is 4.74 Å². The van der Waals surface area contributed by atoms with Crippen molar-refractivity contribution < 1.29 is 9.53 Å². The van der Waals surface area contributed by atoms with Gasteiger partial charge in [0.2, 0.25) is 0 Å². The fraction of sp³-hybridized carbons (Fsp3) is 0.125. The van der Waals surface area contributed by atoms with Gasteiger partial charge in [0, 0.05) is 37.7 Å². The average Bonchev–Trinajstić information content (AvgIpc) is 2.05. The van der Waals surface area contributed by atoms with Crippen LogP contribution in [0.1, 0.15) is 10.4 Å². The van der Waals surface area contributed by atoms with Gasteiger partial charge in [0.05, 0.1) is 12.7 Å². The molecule has 1 aromatic carbocycles. The maximum Gasteiger partial charge on any atom is 0.337 e. The summed E-state index contributed by atoms with van der Waals surface area (Å²) in [6.45, 7) is 0. The molecule has 0 fully saturated rings. The van der Waals surface area contributed by atoms with Crippen molar-refractivity contribution in [1.29, 1.82) is 0 Å². The van der Waals surface area contributed by atoms with E-state index in [4.69, 9.17) is 0 Å². The molecule has 0 aliphatic rings. The maximum absolute atomic E-state index is 10.8. The third-order valence-corrected chi connectivity index (χ3v) is 1.19. The van der Waals surface area contributed by atoms with Crippen molar-refractivity contribution in [1.82, 2.24) is 0 Å². The molecule has 0 aliphatic heterocycles. The van der Waals surface area contributed by atoms with Crippen molar-refractivity contribution in [2.24, 2.45) is 0 Å². The van der Waals surface area contributed by atoms with Gasteiger partial charge in [-0.05, 0) is 12.1 Å². The first-order valence-electron chi connectivity index (χ1n) is 2.98. The summed E-state index contributed by atoms with van der Waals surface area (Å²) in [5.41, 5.74) is 0.588. The van der Waals surface area contributed by atoms with Crippen LogP contribution in [0.3, 0.4) is 0 Å². The fourth-order valence-corrected chi connectivity index (χ4v) is 0.692. The largest absolute Gasteiger partial charge is 0.465 e. The second-order valence-corrected chi connectivity index (χ2v) is 1.86. The molecule has 0 spiro atoms. The Kier molecular flexibility index (Phi) is 5.56. The molecule has 0 unspecified atom stereocenters. The van der Waals surface area contributed by atoms with Gasteiger partial charge in [0.1, 0.15) is 0 Å². The van der Waals surface area contributed by atoms with Crippen molar-refractivity contribution in [3.63, 3.8) is 0 Å². The zero-order valence-electron chi connectivity index (χ0n) is 6.41. The standard InChI is InChI=1S/C8H8O2.Ca/c1-10-8(9)7-5-3-2-4-6-7;/h2-6H,1H3;. The molecule has 0 saturated carbocycles. The van der Waals surface area contributed by atoms with Crippen LogP contribution in [0.5, 0.6) is 0 Å². The van der Waals surface area contributed by atoms with E-state index in [1.165, 1.54) is 7.11 Å². The SMILES string of the molecule is COC(=O)c1ccccc1.[Ca]. The molecule has 3 heteroatoms. The van der Waals surface area contributed by atoms with E-state index in [9.17, 15) is 4.79 Å². The van der Waals surface area contributed by atoms with Crippen LogP contribution >= 0.6 is 0 Å². The Hall–Kier alpha value is -0.0503. The third-order valence-electron chi connectivity index (χ3n) is 1.19. The minimum Gasteiger partial charge on any atom is -0.465 e. The van der Waals surface area contributed by atoms with E-state index >= 15 is 0 Å². The molecule has 0 aromatic heterocycles. The molecular formula is C8H8CaO2. The predicted molar refractivity (Wildman–Crippen MR) is 43.5 cm³/mol. The van der Waals surface area contributed by atoms with Crippen LogP contribution in [0, 0.1) is 0 Å². The van der Waals surface area contributed by atoms with Gasteiger partial charge >= 0.3 is 5.97 Å². The van der Waals surface area contributed by atoms with E-state index in [0.29, 0.717) is 5.56 Å². The molecule has 1 rings (SSSR count). The van der Waals surface area contributed by atoms with Crippen LogP contribution in [0.15, 0.2) is 30.3 Å². The van der Waals surface area contributed by atoms with Crippen molar-refractivity contribution in [3.05, 3.63) is 35.9 Å². The first kappa shape index (κ1) is 10.9. The summed E-state index contributed by atoms with van der Waals surface area (Å²) in [5, 5.41) is 0. The summed E-state index contributed by atoms with van der Waals surface area (Å²) >= 11 is 0. The minimum absolute atomic E-state index is 0. The summed E-state index contributed by atoms with van der Waals surface area (Å²) < 4.78 is 4.50. The molecule has 0 amide bonds. The van der Waals surface area contributed by atoms with Crippen molar-refractivity contribution in [2.75, 3.05) is 7.11 Å². The Morgan fingerprint density at radius 1 is 1.27 bits per heavy atom. The van der Waals surface area contributed by atoms with Crippen molar-refractivity contribution in [2.45, 2.75) is 0 Å². The number of methoxy groups -OCH3 is 1. The summed E-state index contributed by atoms with van der Waals surface area (Å²) in [4.78, 5) is 10.8. The van der Waals surface area contributed by atoms with Crippen LogP contribution in [-0.4, -0.2) is 50.8 Å². The van der Waals surface area contributed by atoms with E-state index < -0.39 is 0 Å². The van der Waals surface area contributed by atoms with Gasteiger partial charge in [-0.25, -0.2) is 4.79 Å². The average molecular weight is 176 g/mol. The molecule has 0 atom stereocenters. The summed E-state index contributed by atoms with van der Waals surface area (Å²) in [7, 11) is 1.37. The molecule has 11 heavy (non-hydrogen) atoms. The monoisotopic (exact) mass is 176 g/mol. The van der Waals surface area contributed by atoms with Crippen LogP contribution in [0.2, 0.25) is 0 Å². The molecule has 0 bridgehead atoms. The first-order chi connectivity index (χ1) is 4.84. The Morgan fingerprint density at radius 3 is 2.27 bits per heavy atom. The van der Waals surface area contributed by atoms with Crippen LogP contribution < -0.4 is 0 Å². The van der Waals surface area contributed by atoms with Crippen molar-refractivity contribution in [3.8, 4) is 0 Å². The second-order valence-electron chi connectivity index (χ2n) is 1.86. The van der Waals surface area contributed by atoms with Gasteiger partial charge in [-0.3, -0.25) is 0 Å². The quantitative estimate of drug-likeness (QED) is 0.473. The van der Waals surface area contributed by atoms with Crippen LogP contribution in [0.4, 0.5) is 0 Å². The zero-order valence-corrected chi connectivity index (χ0v) is 8.62. The van der Waals surface area contributed by atoms with E-state index in [1.807, 2.05) is 6.07 Å². The number of hydrogen-bond donors (Lipinski definition) is 0. The van der Waals surface area contributed by atoms with Crippen molar-refractivity contribution >= 4 is 43.7 Å². The van der Waals surface area contributed by atoms with Crippen LogP contribution in [-0.2, 0) is 4.74 Å². The molecule has 1 aromatic rings. The van der Waals surface area contributed by atoms with E-state index in [0.717, 1.165) is 0 Å². The molecule has 54 valence electrons. The van der Waals surface area contributed by atoms with E-state index in [1.54, 1.807) is 24.3 Å². The zero-order chi connectivity index (χ0) is 7.40. The number of carbonyl (C=O) groups excluding carboxylic acids is 1. The molecule has 2 nitrogen and oxygen atoms in total. The Morgan fingerprint density at radius 2 is 1.82 bits per heavy atom. The smallest absolute Gasteiger partial charge is 0.337 e. The summed E-state index contributed by atoms with van der Waals surface area (Å²) in [6.07, 6.45) is 0. The van der Waals surface area contributed by atoms with Crippen LogP contribution in [0.25, 0.3) is 0 Å². The molecule has 2 radical (unpaired) electrons. The summed E-state index contributed by atoms with van der Waals surface area (Å²) in [6, 6.07) is 8.88. The number of benzene rings is 1. The molecule has 0 heterocycles. The second kappa shape index (κ2) is 5.58. The third kappa shape index (κ3) is 3.23. The van der Waals surface area contributed by atoms with Gasteiger partial charge in [-0.15, -0.1) is 0 Å². The number of esters is 1. The van der Waals surface area contributed by atoms with Gasteiger partial charge in [0.25, 0.3) is 0 Å². The Bertz CT molecular complexity index is 221. The molecule has 0 saturated heterocycles. The van der Waals surface area contributed by atoms with E-state index in [-0.39, 0.29) is 43.7 Å². The van der Waals surface area contributed by atoms with Gasteiger partial charge < -0.3 is 4.74 Å². The Labute approximate surface area is 95.6 Å². The number of ether oxygens (including phenoxy) is 1. The number of carbonyl (C=O) groups is 1. The van der Waals surface area contributed by atoms with Gasteiger partial charge in [0.15, 0.2) is 0 Å². The fourth-order valence-electron chi connectivity index (χ4n) is 0.692. The minimum atomic E-state index is -0.291. The maximum atomic E-state index is 10.8. The summed E-state index contributed by atoms with van der Waals surface area (Å²) in [5.74, 6) is -0.291. The molecule has 0 aliphatic carbocycles. The topological polar surface area (TPSA) is 26.3 Å². The predicted octanol–water partition coefficient (Wildman–Crippen LogP) is 1.09. The Balaban J connectivity index is 0.000001000. The number of hydrogen-bond acceptors (Lipinski definition) is 2. The normalized spacial score (nSPS) is 8.09.